The Morgan fingerprint density at radius 1 is 0.913 bits per heavy atom. The summed E-state index contributed by atoms with van der Waals surface area (Å²) >= 11 is 0. The van der Waals surface area contributed by atoms with Gasteiger partial charge in [-0.05, 0) is 30.9 Å². The Bertz CT molecular complexity index is 1160. The van der Waals surface area contributed by atoms with Crippen LogP contribution in [-0.4, -0.2) is 63.6 Å². The first-order chi connectivity index (χ1) is 21.9. The molecule has 9 atom stereocenters. The molecule has 0 amide bonds. The summed E-state index contributed by atoms with van der Waals surface area (Å²) < 4.78 is 12.3. The van der Waals surface area contributed by atoms with Crippen LogP contribution in [0.4, 0.5) is 0 Å². The number of carbonyl (C=O) groups is 3. The first-order valence-electron chi connectivity index (χ1n) is 18.2. The van der Waals surface area contributed by atoms with Crippen LogP contribution in [-0.2, 0) is 23.9 Å². The van der Waals surface area contributed by atoms with Crippen LogP contribution in [0.1, 0.15) is 131 Å². The highest BCUT2D eigenvalue weighted by atomic mass is 16.6. The molecule has 3 N–H and O–H groups in total. The highest BCUT2D eigenvalue weighted by Gasteiger charge is 2.88. The lowest BCUT2D eigenvalue weighted by Gasteiger charge is -2.52. The van der Waals surface area contributed by atoms with E-state index in [-0.39, 0.29) is 25.4 Å². The average Bonchev–Trinajstić information content (AvgIpc) is 3.47. The second-order valence-electron chi connectivity index (χ2n) is 15.1. The van der Waals surface area contributed by atoms with Crippen molar-refractivity contribution in [3.63, 3.8) is 0 Å². The number of esters is 2. The maximum Gasteiger partial charge on any atom is 0.306 e. The van der Waals surface area contributed by atoms with Gasteiger partial charge in [-0.15, -0.1) is 0 Å². The van der Waals surface area contributed by atoms with E-state index in [1.807, 2.05) is 19.1 Å². The number of allylic oxidation sites excluding steroid dienone is 1. The van der Waals surface area contributed by atoms with Crippen molar-refractivity contribution in [1.82, 2.24) is 0 Å². The molecule has 2 fully saturated rings. The SMILES string of the molecule is CCCCCCCCCCCCCCCC(=O)O[C@@H]1[C@@H](C)[C@]2(O)[C@@H]3C=C(C)C(=O)[C@@H]3CC(CO)=C[C@H]2[C@H]2[C@]1(OC(C)=O)[C@@]2(C)CO. The average molecular weight is 645 g/mol. The molecule has 260 valence electrons. The summed E-state index contributed by atoms with van der Waals surface area (Å²) in [5.41, 5.74) is -2.66. The highest BCUT2D eigenvalue weighted by Crippen LogP contribution is 2.76. The number of aliphatic hydroxyl groups is 3. The van der Waals surface area contributed by atoms with Crippen LogP contribution in [0.25, 0.3) is 0 Å². The molecule has 4 aliphatic rings. The molecule has 0 heterocycles. The van der Waals surface area contributed by atoms with Crippen LogP contribution in [0, 0.1) is 35.0 Å². The standard InChI is InChI=1S/C38H60O8/c1-6-7-8-9-10-11-12-13-14-15-16-17-18-19-32(42)45-35-26(3)37(44)30-20-25(2)33(43)29(30)21-28(23-39)22-31(37)34-36(5,24-40)38(34,35)46-27(4)41/h20,22,26,29-31,34-35,39-40,44H,6-19,21,23-24H2,1-5H3/t26-,29-,30-,31+,34-,35-,36+,37+,38-/m1/s1. The topological polar surface area (TPSA) is 130 Å². The number of fused-ring (bicyclic) bond motifs is 5. The molecular weight excluding hydrogens is 584 g/mol. The molecule has 4 aliphatic carbocycles. The molecule has 0 radical (unpaired) electrons. The van der Waals surface area contributed by atoms with Crippen molar-refractivity contribution in [1.29, 1.82) is 0 Å². The van der Waals surface area contributed by atoms with Crippen LogP contribution in [0.15, 0.2) is 23.3 Å². The van der Waals surface area contributed by atoms with Crippen LogP contribution >= 0.6 is 0 Å². The zero-order valence-corrected chi connectivity index (χ0v) is 29.0. The fourth-order valence-electron chi connectivity index (χ4n) is 9.51. The number of rotatable bonds is 18. The van der Waals surface area contributed by atoms with Gasteiger partial charge >= 0.3 is 11.9 Å². The lowest BCUT2D eigenvalue weighted by molar-refractivity contribution is -0.220. The quantitative estimate of drug-likeness (QED) is 0.0889. The molecular formula is C38H60O8. The molecule has 0 aromatic rings. The van der Waals surface area contributed by atoms with Crippen molar-refractivity contribution < 1.29 is 39.2 Å². The Labute approximate surface area is 276 Å². The molecule has 46 heavy (non-hydrogen) atoms. The number of ether oxygens (including phenoxy) is 2. The fraction of sp³-hybridized carbons (Fsp3) is 0.816. The van der Waals surface area contributed by atoms with E-state index >= 15 is 0 Å². The molecule has 0 aromatic carbocycles. The van der Waals surface area contributed by atoms with E-state index in [1.165, 1.54) is 64.7 Å². The zero-order chi connectivity index (χ0) is 33.7. The van der Waals surface area contributed by atoms with Gasteiger partial charge in [0.15, 0.2) is 11.4 Å². The molecule has 8 heteroatoms. The molecule has 4 rings (SSSR count). The Hall–Kier alpha value is -2.03. The molecule has 0 bridgehead atoms. The molecule has 0 aliphatic heterocycles. The van der Waals surface area contributed by atoms with Crippen LogP contribution in [0.2, 0.25) is 0 Å². The van der Waals surface area contributed by atoms with Crippen molar-refractivity contribution in [3.05, 3.63) is 23.3 Å². The number of aliphatic hydroxyl groups excluding tert-OH is 2. The third-order valence-electron chi connectivity index (χ3n) is 12.1. The van der Waals surface area contributed by atoms with E-state index in [9.17, 15) is 29.7 Å². The predicted molar refractivity (Wildman–Crippen MR) is 177 cm³/mol. The predicted octanol–water partition coefficient (Wildman–Crippen LogP) is 6.39. The van der Waals surface area contributed by atoms with Gasteiger partial charge in [0.25, 0.3) is 0 Å². The van der Waals surface area contributed by atoms with Gasteiger partial charge in [-0.3, -0.25) is 14.4 Å². The van der Waals surface area contributed by atoms with E-state index < -0.39 is 64.2 Å². The largest absolute Gasteiger partial charge is 0.458 e. The Morgan fingerprint density at radius 3 is 2.00 bits per heavy atom. The minimum Gasteiger partial charge on any atom is -0.458 e. The lowest BCUT2D eigenvalue weighted by Crippen LogP contribution is -2.63. The van der Waals surface area contributed by atoms with Gasteiger partial charge in [0.05, 0.1) is 18.8 Å². The van der Waals surface area contributed by atoms with Crippen molar-refractivity contribution in [2.45, 2.75) is 148 Å². The zero-order valence-electron chi connectivity index (χ0n) is 29.0. The van der Waals surface area contributed by atoms with Gasteiger partial charge in [0.1, 0.15) is 6.10 Å². The summed E-state index contributed by atoms with van der Waals surface area (Å²) in [5.74, 6) is -4.07. The summed E-state index contributed by atoms with van der Waals surface area (Å²) in [7, 11) is 0. The number of carbonyl (C=O) groups excluding carboxylic acids is 3. The first kappa shape index (κ1) is 36.8. The number of hydrogen-bond acceptors (Lipinski definition) is 8. The number of unbranched alkanes of at least 4 members (excludes halogenated alkanes) is 12. The van der Waals surface area contributed by atoms with Gasteiger partial charge < -0.3 is 24.8 Å². The second kappa shape index (κ2) is 15.5. The lowest BCUT2D eigenvalue weighted by atomic mass is 9.60. The fourth-order valence-corrected chi connectivity index (χ4v) is 9.51. The Morgan fingerprint density at radius 2 is 1.48 bits per heavy atom. The summed E-state index contributed by atoms with van der Waals surface area (Å²) in [6, 6.07) is 0. The number of Topliss-reactive ketones (excluding diaryl/α,β-unsaturated/α-hetero) is 1. The molecule has 0 saturated heterocycles. The molecule has 8 nitrogen and oxygen atoms in total. The van der Waals surface area contributed by atoms with Crippen LogP contribution in [0.5, 0.6) is 0 Å². The van der Waals surface area contributed by atoms with Crippen molar-refractivity contribution >= 4 is 17.7 Å². The monoisotopic (exact) mass is 644 g/mol. The van der Waals surface area contributed by atoms with Gasteiger partial charge in [-0.25, -0.2) is 0 Å². The Balaban J connectivity index is 1.43. The van der Waals surface area contributed by atoms with E-state index in [1.54, 1.807) is 13.8 Å². The normalized spacial score (nSPS) is 36.1. The van der Waals surface area contributed by atoms with Crippen molar-refractivity contribution in [3.8, 4) is 0 Å². The minimum absolute atomic E-state index is 0.0564. The highest BCUT2D eigenvalue weighted by molar-refractivity contribution is 6.00. The number of ketones is 1. The van der Waals surface area contributed by atoms with Gasteiger partial charge in [-0.1, -0.05) is 110 Å². The van der Waals surface area contributed by atoms with Crippen LogP contribution < -0.4 is 0 Å². The third-order valence-corrected chi connectivity index (χ3v) is 12.1. The van der Waals surface area contributed by atoms with E-state index in [4.69, 9.17) is 9.47 Å². The van der Waals surface area contributed by atoms with Crippen molar-refractivity contribution in [2.75, 3.05) is 13.2 Å². The summed E-state index contributed by atoms with van der Waals surface area (Å²) in [5, 5.41) is 33.7. The molecule has 0 spiro atoms. The molecule has 2 saturated carbocycles. The van der Waals surface area contributed by atoms with Crippen molar-refractivity contribution in [2.24, 2.45) is 35.0 Å². The maximum absolute atomic E-state index is 13.4. The van der Waals surface area contributed by atoms with E-state index in [0.29, 0.717) is 24.0 Å². The molecule has 0 unspecified atom stereocenters. The number of hydrogen-bond donors (Lipinski definition) is 3. The van der Waals surface area contributed by atoms with E-state index in [0.717, 1.165) is 19.3 Å². The van der Waals surface area contributed by atoms with Gasteiger partial charge in [0.2, 0.25) is 0 Å². The first-order valence-corrected chi connectivity index (χ1v) is 18.2. The van der Waals surface area contributed by atoms with Gasteiger partial charge in [0, 0.05) is 48.3 Å². The summed E-state index contributed by atoms with van der Waals surface area (Å²) in [6.45, 7) is 8.29. The van der Waals surface area contributed by atoms with E-state index in [2.05, 4.69) is 6.92 Å². The molecule has 0 aromatic heterocycles. The third kappa shape index (κ3) is 6.78. The second-order valence-corrected chi connectivity index (χ2v) is 15.1. The minimum atomic E-state index is -1.53. The van der Waals surface area contributed by atoms with Crippen LogP contribution in [0.3, 0.4) is 0 Å². The van der Waals surface area contributed by atoms with Gasteiger partial charge in [-0.2, -0.15) is 0 Å². The smallest absolute Gasteiger partial charge is 0.306 e. The Kier molecular flexibility index (Phi) is 12.4. The summed E-state index contributed by atoms with van der Waals surface area (Å²) in [6.07, 6.45) is 18.8. The summed E-state index contributed by atoms with van der Waals surface area (Å²) in [4.78, 5) is 39.2. The maximum atomic E-state index is 13.4.